The number of fused-ring (bicyclic) bond motifs is 1. The van der Waals surface area contributed by atoms with E-state index in [1.165, 1.54) is 12.1 Å². The third-order valence-corrected chi connectivity index (χ3v) is 3.40. The van der Waals surface area contributed by atoms with Crippen molar-refractivity contribution in [2.24, 2.45) is 0 Å². The minimum Gasteiger partial charge on any atom is -0.219 e. The summed E-state index contributed by atoms with van der Waals surface area (Å²) in [4.78, 5) is 0.137. The zero-order chi connectivity index (χ0) is 9.47. The number of nitrogens with zero attached hydrogens (tertiary/aromatic N) is 1. The molecule has 0 bridgehead atoms. The van der Waals surface area contributed by atoms with E-state index in [4.69, 9.17) is 5.26 Å². The summed E-state index contributed by atoms with van der Waals surface area (Å²) in [5.74, 6) is 0. The van der Waals surface area contributed by atoms with Crippen LogP contribution in [0.3, 0.4) is 0 Å². The molecule has 0 spiro atoms. The van der Waals surface area contributed by atoms with Gasteiger partial charge in [0, 0.05) is 5.41 Å². The standard InChI is InChI=1S/C9H5NO2S/c10-6-8-3-1-2-7-4-5-13(11,12)9(7)8/h1-5H. The Morgan fingerprint density at radius 2 is 2.08 bits per heavy atom. The highest BCUT2D eigenvalue weighted by Gasteiger charge is 2.23. The van der Waals surface area contributed by atoms with E-state index < -0.39 is 9.84 Å². The van der Waals surface area contributed by atoms with Crippen molar-refractivity contribution < 1.29 is 8.42 Å². The summed E-state index contributed by atoms with van der Waals surface area (Å²) in [6, 6.07) is 6.71. The summed E-state index contributed by atoms with van der Waals surface area (Å²) in [5.41, 5.74) is 0.807. The van der Waals surface area contributed by atoms with Crippen LogP contribution in [0.4, 0.5) is 0 Å². The second-order valence-corrected chi connectivity index (χ2v) is 4.45. The molecule has 0 aromatic heterocycles. The van der Waals surface area contributed by atoms with Crippen molar-refractivity contribution in [3.8, 4) is 6.07 Å². The molecular weight excluding hydrogens is 186 g/mol. The highest BCUT2D eigenvalue weighted by Crippen LogP contribution is 2.29. The summed E-state index contributed by atoms with van der Waals surface area (Å²) in [6.45, 7) is 0. The maximum Gasteiger partial charge on any atom is 0.201 e. The topological polar surface area (TPSA) is 57.9 Å². The Balaban J connectivity index is 2.89. The van der Waals surface area contributed by atoms with Crippen LogP contribution < -0.4 is 0 Å². The Morgan fingerprint density at radius 3 is 2.77 bits per heavy atom. The van der Waals surface area contributed by atoms with Gasteiger partial charge in [-0.2, -0.15) is 5.26 Å². The SMILES string of the molecule is N#Cc1cccc2c1S(=O)(=O)C=C2. The van der Waals surface area contributed by atoms with Gasteiger partial charge in [0.2, 0.25) is 9.84 Å². The normalized spacial score (nSPS) is 16.5. The van der Waals surface area contributed by atoms with E-state index in [9.17, 15) is 8.42 Å². The number of nitriles is 1. The van der Waals surface area contributed by atoms with Crippen molar-refractivity contribution in [1.29, 1.82) is 5.26 Å². The van der Waals surface area contributed by atoms with Crippen LogP contribution in [-0.2, 0) is 9.84 Å². The molecule has 1 heterocycles. The maximum atomic E-state index is 11.4. The van der Waals surface area contributed by atoms with Crippen molar-refractivity contribution in [3.63, 3.8) is 0 Å². The molecule has 0 aliphatic carbocycles. The van der Waals surface area contributed by atoms with Crippen molar-refractivity contribution in [2.45, 2.75) is 4.90 Å². The Morgan fingerprint density at radius 1 is 1.31 bits per heavy atom. The number of benzene rings is 1. The first-order valence-electron chi connectivity index (χ1n) is 3.61. The van der Waals surface area contributed by atoms with Gasteiger partial charge in [-0.1, -0.05) is 12.1 Å². The van der Waals surface area contributed by atoms with E-state index in [1.54, 1.807) is 12.1 Å². The van der Waals surface area contributed by atoms with Gasteiger partial charge >= 0.3 is 0 Å². The minimum atomic E-state index is -3.35. The van der Waals surface area contributed by atoms with Crippen molar-refractivity contribution in [2.75, 3.05) is 0 Å². The van der Waals surface area contributed by atoms with Crippen LogP contribution in [0.25, 0.3) is 6.08 Å². The van der Waals surface area contributed by atoms with E-state index >= 15 is 0 Å². The second-order valence-electron chi connectivity index (χ2n) is 2.68. The van der Waals surface area contributed by atoms with Crippen LogP contribution in [0.2, 0.25) is 0 Å². The molecule has 13 heavy (non-hydrogen) atoms. The van der Waals surface area contributed by atoms with Crippen LogP contribution in [-0.4, -0.2) is 8.42 Å². The average Bonchev–Trinajstić information content (AvgIpc) is 2.43. The first-order valence-corrected chi connectivity index (χ1v) is 5.16. The molecule has 0 N–H and O–H groups in total. The summed E-state index contributed by atoms with van der Waals surface area (Å²) < 4.78 is 22.8. The molecule has 1 aliphatic heterocycles. The molecule has 1 aliphatic rings. The Bertz CT molecular complexity index is 535. The Kier molecular flexibility index (Phi) is 1.51. The predicted octanol–water partition coefficient (Wildman–Crippen LogP) is 1.32. The number of rotatable bonds is 0. The zero-order valence-electron chi connectivity index (χ0n) is 6.56. The van der Waals surface area contributed by atoms with Crippen LogP contribution in [0.5, 0.6) is 0 Å². The van der Waals surface area contributed by atoms with Gasteiger partial charge in [0.05, 0.1) is 10.5 Å². The minimum absolute atomic E-state index is 0.137. The first kappa shape index (κ1) is 8.02. The quantitative estimate of drug-likeness (QED) is 0.621. The van der Waals surface area contributed by atoms with E-state index in [0.29, 0.717) is 5.56 Å². The smallest absolute Gasteiger partial charge is 0.201 e. The summed E-state index contributed by atoms with van der Waals surface area (Å²) in [7, 11) is -3.35. The van der Waals surface area contributed by atoms with E-state index in [-0.39, 0.29) is 10.5 Å². The van der Waals surface area contributed by atoms with Crippen molar-refractivity contribution in [3.05, 3.63) is 34.7 Å². The highest BCUT2D eigenvalue weighted by molar-refractivity contribution is 7.94. The van der Waals surface area contributed by atoms with Gasteiger partial charge in [0.25, 0.3) is 0 Å². The van der Waals surface area contributed by atoms with Crippen LogP contribution >= 0.6 is 0 Å². The lowest BCUT2D eigenvalue weighted by atomic mass is 10.1. The molecule has 2 rings (SSSR count). The number of hydrogen-bond donors (Lipinski definition) is 0. The van der Waals surface area contributed by atoms with Gasteiger partial charge in [-0.05, 0) is 17.7 Å². The van der Waals surface area contributed by atoms with Crippen LogP contribution in [0, 0.1) is 11.3 Å². The monoisotopic (exact) mass is 191 g/mol. The van der Waals surface area contributed by atoms with Gasteiger partial charge in [0.15, 0.2) is 0 Å². The molecule has 0 saturated heterocycles. The lowest BCUT2D eigenvalue weighted by Gasteiger charge is -1.99. The van der Waals surface area contributed by atoms with Gasteiger partial charge in [-0.3, -0.25) is 0 Å². The Labute approximate surface area is 75.8 Å². The third kappa shape index (κ3) is 1.05. The second kappa shape index (κ2) is 2.44. The molecule has 0 radical (unpaired) electrons. The fourth-order valence-electron chi connectivity index (χ4n) is 1.32. The van der Waals surface area contributed by atoms with Crippen molar-refractivity contribution >= 4 is 15.9 Å². The molecule has 0 atom stereocenters. The first-order chi connectivity index (χ1) is 6.15. The van der Waals surface area contributed by atoms with Gasteiger partial charge in [-0.25, -0.2) is 8.42 Å². The van der Waals surface area contributed by atoms with Gasteiger partial charge < -0.3 is 0 Å². The summed E-state index contributed by atoms with van der Waals surface area (Å²) in [6.07, 6.45) is 1.51. The number of hydrogen-bond acceptors (Lipinski definition) is 3. The molecule has 64 valence electrons. The highest BCUT2D eigenvalue weighted by atomic mass is 32.2. The average molecular weight is 191 g/mol. The van der Waals surface area contributed by atoms with E-state index in [0.717, 1.165) is 5.41 Å². The van der Waals surface area contributed by atoms with Crippen LogP contribution in [0.1, 0.15) is 11.1 Å². The summed E-state index contributed by atoms with van der Waals surface area (Å²) >= 11 is 0. The van der Waals surface area contributed by atoms with Crippen molar-refractivity contribution in [1.82, 2.24) is 0 Å². The predicted molar refractivity (Wildman–Crippen MR) is 47.4 cm³/mol. The summed E-state index contributed by atoms with van der Waals surface area (Å²) in [5, 5.41) is 9.82. The molecule has 1 aromatic carbocycles. The fourth-order valence-corrected chi connectivity index (χ4v) is 2.67. The molecule has 1 aromatic rings. The number of sulfone groups is 1. The largest absolute Gasteiger partial charge is 0.219 e. The molecule has 4 heteroatoms. The van der Waals surface area contributed by atoms with E-state index in [2.05, 4.69) is 0 Å². The lowest BCUT2D eigenvalue weighted by molar-refractivity contribution is 0.605. The molecule has 0 amide bonds. The zero-order valence-corrected chi connectivity index (χ0v) is 7.38. The molecule has 0 fully saturated rings. The Hall–Kier alpha value is -1.60. The lowest BCUT2D eigenvalue weighted by Crippen LogP contribution is -1.96. The molecule has 0 unspecified atom stereocenters. The maximum absolute atomic E-state index is 11.4. The van der Waals surface area contributed by atoms with Crippen LogP contribution in [0.15, 0.2) is 28.5 Å². The third-order valence-electron chi connectivity index (χ3n) is 1.88. The van der Waals surface area contributed by atoms with Gasteiger partial charge in [0.1, 0.15) is 6.07 Å². The van der Waals surface area contributed by atoms with E-state index in [1.807, 2.05) is 6.07 Å². The van der Waals surface area contributed by atoms with Gasteiger partial charge in [-0.15, -0.1) is 0 Å². The fraction of sp³-hybridized carbons (Fsp3) is 0. The molecular formula is C9H5NO2S. The molecule has 3 nitrogen and oxygen atoms in total. The molecule has 0 saturated carbocycles.